The number of piperidine rings is 1. The number of ether oxygens (including phenoxy) is 1. The van der Waals surface area contributed by atoms with Gasteiger partial charge in [-0.25, -0.2) is 0 Å². The van der Waals surface area contributed by atoms with E-state index >= 15 is 0 Å². The van der Waals surface area contributed by atoms with Gasteiger partial charge in [0.1, 0.15) is 0 Å². The topological polar surface area (TPSA) is 44.7 Å². The second-order valence-corrected chi connectivity index (χ2v) is 6.04. The third-order valence-electron chi connectivity index (χ3n) is 4.65. The van der Waals surface area contributed by atoms with Crippen molar-refractivity contribution in [1.29, 1.82) is 0 Å². The lowest BCUT2D eigenvalue weighted by molar-refractivity contribution is 0.0504. The second kappa shape index (κ2) is 6.33. The van der Waals surface area contributed by atoms with Crippen LogP contribution in [0.15, 0.2) is 0 Å². The van der Waals surface area contributed by atoms with Gasteiger partial charge in [0.2, 0.25) is 0 Å². The first kappa shape index (κ1) is 14.3. The molecule has 2 atom stereocenters. The van der Waals surface area contributed by atoms with Crippen molar-refractivity contribution in [2.45, 2.75) is 31.2 Å². The Bertz CT molecular complexity index is 250. The first-order valence-electron chi connectivity index (χ1n) is 7.25. The number of hydrogen-bond acceptors (Lipinski definition) is 4. The van der Waals surface area contributed by atoms with Gasteiger partial charge in [0.05, 0.1) is 18.8 Å². The van der Waals surface area contributed by atoms with Gasteiger partial charge in [-0.15, -0.1) is 0 Å². The molecule has 0 spiro atoms. The van der Waals surface area contributed by atoms with Crippen molar-refractivity contribution >= 4 is 0 Å². The fourth-order valence-corrected chi connectivity index (χ4v) is 3.37. The number of nitrogens with one attached hydrogen (secondary N) is 1. The minimum Gasteiger partial charge on any atom is -0.394 e. The maximum atomic E-state index is 9.77. The summed E-state index contributed by atoms with van der Waals surface area (Å²) in [5.41, 5.74) is -0.0744. The second-order valence-electron chi connectivity index (χ2n) is 6.04. The molecule has 0 aromatic rings. The Hall–Kier alpha value is -0.160. The predicted octanol–water partition coefficient (Wildman–Crippen LogP) is 0.705. The summed E-state index contributed by atoms with van der Waals surface area (Å²) in [7, 11) is 3.78. The molecule has 0 aromatic carbocycles. The smallest absolute Gasteiger partial charge is 0.0628 e. The average molecular weight is 256 g/mol. The largest absolute Gasteiger partial charge is 0.394 e. The van der Waals surface area contributed by atoms with Crippen LogP contribution < -0.4 is 5.32 Å². The number of methoxy groups -OCH3 is 1. The minimum absolute atomic E-state index is 0.0744. The van der Waals surface area contributed by atoms with Crippen LogP contribution in [-0.4, -0.2) is 62.6 Å². The van der Waals surface area contributed by atoms with E-state index < -0.39 is 0 Å². The summed E-state index contributed by atoms with van der Waals surface area (Å²) < 4.78 is 5.28. The van der Waals surface area contributed by atoms with Crippen LogP contribution in [0.5, 0.6) is 0 Å². The highest BCUT2D eigenvalue weighted by Crippen LogP contribution is 2.40. The molecule has 1 aliphatic carbocycles. The number of hydrogen-bond donors (Lipinski definition) is 2. The molecular formula is C14H28N2O2. The molecule has 106 valence electrons. The van der Waals surface area contributed by atoms with Gasteiger partial charge in [-0.3, -0.25) is 0 Å². The molecule has 0 radical (unpaired) electrons. The van der Waals surface area contributed by atoms with Crippen LogP contribution in [0.3, 0.4) is 0 Å². The quantitative estimate of drug-likeness (QED) is 0.704. The summed E-state index contributed by atoms with van der Waals surface area (Å²) in [6, 6.07) is 0. The lowest BCUT2D eigenvalue weighted by Gasteiger charge is -2.41. The fraction of sp³-hybridized carbons (Fsp3) is 1.00. The summed E-state index contributed by atoms with van der Waals surface area (Å²) in [4.78, 5) is 2.51. The minimum atomic E-state index is -0.0744. The molecule has 2 rings (SSSR count). The Balaban J connectivity index is 1.90. The molecule has 4 heteroatoms. The van der Waals surface area contributed by atoms with E-state index in [4.69, 9.17) is 4.74 Å². The first-order valence-corrected chi connectivity index (χ1v) is 7.25. The summed E-state index contributed by atoms with van der Waals surface area (Å²) in [6.45, 7) is 4.37. The van der Waals surface area contributed by atoms with Crippen LogP contribution in [0.4, 0.5) is 0 Å². The van der Waals surface area contributed by atoms with Crippen molar-refractivity contribution in [3.8, 4) is 0 Å². The van der Waals surface area contributed by atoms with Gasteiger partial charge in [0, 0.05) is 20.2 Å². The zero-order chi connectivity index (χ0) is 13.0. The van der Waals surface area contributed by atoms with Crippen LogP contribution in [0.25, 0.3) is 0 Å². The highest BCUT2D eigenvalue weighted by Gasteiger charge is 2.45. The van der Waals surface area contributed by atoms with Gasteiger partial charge in [-0.2, -0.15) is 0 Å². The SMILES string of the molecule is CNC(CO)(CN1CCCC(COC)C1)C1CC1. The number of nitrogens with zero attached hydrogens (tertiary/aromatic N) is 1. The summed E-state index contributed by atoms with van der Waals surface area (Å²) in [5, 5.41) is 13.2. The van der Waals surface area contributed by atoms with E-state index in [0.29, 0.717) is 11.8 Å². The van der Waals surface area contributed by atoms with Crippen LogP contribution in [0.1, 0.15) is 25.7 Å². The molecule has 1 heterocycles. The Kier molecular flexibility index (Phi) is 5.01. The van der Waals surface area contributed by atoms with Gasteiger partial charge < -0.3 is 20.1 Å². The third kappa shape index (κ3) is 3.23. The van der Waals surface area contributed by atoms with Crippen molar-refractivity contribution in [2.75, 3.05) is 47.0 Å². The maximum absolute atomic E-state index is 9.77. The van der Waals surface area contributed by atoms with Crippen LogP contribution in [-0.2, 0) is 4.74 Å². The van der Waals surface area contributed by atoms with E-state index in [9.17, 15) is 5.11 Å². The average Bonchev–Trinajstić information content (AvgIpc) is 3.22. The number of aliphatic hydroxyl groups excluding tert-OH is 1. The van der Waals surface area contributed by atoms with E-state index in [1.807, 2.05) is 7.05 Å². The normalized spacial score (nSPS) is 29.2. The Morgan fingerprint density at radius 3 is 2.72 bits per heavy atom. The zero-order valence-electron chi connectivity index (χ0n) is 11.8. The van der Waals surface area contributed by atoms with E-state index in [1.54, 1.807) is 7.11 Å². The Morgan fingerprint density at radius 2 is 2.17 bits per heavy atom. The Morgan fingerprint density at radius 1 is 1.39 bits per heavy atom. The molecule has 2 aliphatic rings. The van der Waals surface area contributed by atoms with Crippen LogP contribution in [0, 0.1) is 11.8 Å². The summed E-state index contributed by atoms with van der Waals surface area (Å²) >= 11 is 0. The standard InChI is InChI=1S/C14H28N2O2/c1-15-14(11-17,13-5-6-13)10-16-7-3-4-12(8-16)9-18-2/h12-13,15,17H,3-11H2,1-2H3. The maximum Gasteiger partial charge on any atom is 0.0628 e. The molecule has 2 N–H and O–H groups in total. The lowest BCUT2D eigenvalue weighted by atomic mass is 9.91. The van der Waals surface area contributed by atoms with Crippen LogP contribution in [0.2, 0.25) is 0 Å². The first-order chi connectivity index (χ1) is 8.74. The highest BCUT2D eigenvalue weighted by atomic mass is 16.5. The number of likely N-dealkylation sites (tertiary alicyclic amines) is 1. The molecule has 0 bridgehead atoms. The van der Waals surface area contributed by atoms with Gasteiger partial charge >= 0.3 is 0 Å². The van der Waals surface area contributed by atoms with Crippen molar-refractivity contribution in [3.05, 3.63) is 0 Å². The summed E-state index contributed by atoms with van der Waals surface area (Å²) in [6.07, 6.45) is 5.05. The molecule has 1 saturated carbocycles. The molecular weight excluding hydrogens is 228 g/mol. The molecule has 1 saturated heterocycles. The van der Waals surface area contributed by atoms with Gasteiger partial charge in [-0.05, 0) is 51.1 Å². The van der Waals surface area contributed by atoms with E-state index in [1.165, 1.54) is 25.7 Å². The molecule has 2 fully saturated rings. The monoisotopic (exact) mass is 256 g/mol. The van der Waals surface area contributed by atoms with Crippen molar-refractivity contribution in [3.63, 3.8) is 0 Å². The summed E-state index contributed by atoms with van der Waals surface area (Å²) in [5.74, 6) is 1.33. The van der Waals surface area contributed by atoms with E-state index in [2.05, 4.69) is 10.2 Å². The molecule has 0 aromatic heterocycles. The third-order valence-corrected chi connectivity index (χ3v) is 4.65. The van der Waals surface area contributed by atoms with E-state index in [0.717, 1.165) is 26.2 Å². The number of rotatable bonds is 7. The molecule has 2 unspecified atom stereocenters. The zero-order valence-corrected chi connectivity index (χ0v) is 11.8. The Labute approximate surface area is 111 Å². The van der Waals surface area contributed by atoms with Gasteiger partial charge in [-0.1, -0.05) is 0 Å². The number of aliphatic hydroxyl groups is 1. The molecule has 18 heavy (non-hydrogen) atoms. The van der Waals surface area contributed by atoms with Crippen molar-refractivity contribution in [1.82, 2.24) is 10.2 Å². The van der Waals surface area contributed by atoms with E-state index in [-0.39, 0.29) is 12.1 Å². The van der Waals surface area contributed by atoms with Crippen LogP contribution >= 0.6 is 0 Å². The fourth-order valence-electron chi connectivity index (χ4n) is 3.37. The molecule has 1 aliphatic heterocycles. The van der Waals surface area contributed by atoms with Gasteiger partial charge in [0.15, 0.2) is 0 Å². The predicted molar refractivity (Wildman–Crippen MR) is 72.6 cm³/mol. The van der Waals surface area contributed by atoms with Crippen molar-refractivity contribution in [2.24, 2.45) is 11.8 Å². The lowest BCUT2D eigenvalue weighted by Crippen LogP contribution is -2.58. The molecule has 4 nitrogen and oxygen atoms in total. The van der Waals surface area contributed by atoms with Crippen molar-refractivity contribution < 1.29 is 9.84 Å². The van der Waals surface area contributed by atoms with Gasteiger partial charge in [0.25, 0.3) is 0 Å². The highest BCUT2D eigenvalue weighted by molar-refractivity contribution is 5.02. The molecule has 0 amide bonds. The number of likely N-dealkylation sites (N-methyl/N-ethyl adjacent to an activating group) is 1.